The standard InChI is InChI=1S/C41H54N6O8/c1-27(2)21-23-44-41(42)43-22-7-11-33(45-37(51)12-6-10-28-13-17-31(48)18-14-28)39(53)47-34(24-29-8-4-3-5-9-29)36(50)26-38(52)46-35(40(54)55)25-30-15-19-32(49)20-16-30/h3-5,8-9,13-21,33-36,48-50H,6-7,10-12,22-26H2,1-2H3,(H,45,51)(H,46,52)(H,47,53)(H,54,55)(H3,42,43,44)/p+1/t33-,34+,35+,36+/m1/s1. The van der Waals surface area contributed by atoms with E-state index in [4.69, 9.17) is 5.73 Å². The topological polar surface area (TPSA) is 237 Å². The number of carboxylic acid groups (broad SMARTS) is 1. The number of guanidine groups is 1. The third-order valence-electron chi connectivity index (χ3n) is 8.74. The van der Waals surface area contributed by atoms with Crippen LogP contribution >= 0.6 is 0 Å². The molecule has 296 valence electrons. The van der Waals surface area contributed by atoms with Crippen molar-refractivity contribution in [2.24, 2.45) is 5.73 Å². The normalized spacial score (nSPS) is 13.4. The quantitative estimate of drug-likeness (QED) is 0.0301. The molecule has 3 aromatic carbocycles. The Balaban J connectivity index is 1.71. The van der Waals surface area contributed by atoms with Crippen LogP contribution in [0.4, 0.5) is 0 Å². The minimum atomic E-state index is -1.42. The molecule has 0 aliphatic heterocycles. The van der Waals surface area contributed by atoms with Crippen LogP contribution in [0.15, 0.2) is 90.5 Å². The number of phenolic OH excluding ortho intramolecular Hbond substituents is 2. The molecule has 4 atom stereocenters. The lowest BCUT2D eigenvalue weighted by Crippen LogP contribution is -2.78. The molecule has 3 amide bonds. The predicted molar refractivity (Wildman–Crippen MR) is 209 cm³/mol. The molecule has 0 bridgehead atoms. The fraction of sp³-hybridized carbons (Fsp3) is 0.390. The average Bonchev–Trinajstić information content (AvgIpc) is 3.14. The second-order valence-corrected chi connectivity index (χ2v) is 13.7. The summed E-state index contributed by atoms with van der Waals surface area (Å²) in [6.45, 7) is 4.91. The first-order valence-electron chi connectivity index (χ1n) is 18.4. The largest absolute Gasteiger partial charge is 0.508 e. The molecule has 11 N–H and O–H groups in total. The molecule has 0 radical (unpaired) electrons. The Morgan fingerprint density at radius 1 is 0.764 bits per heavy atom. The van der Waals surface area contributed by atoms with Crippen LogP contribution in [0.3, 0.4) is 0 Å². The van der Waals surface area contributed by atoms with Crippen molar-refractivity contribution >= 4 is 29.7 Å². The van der Waals surface area contributed by atoms with Crippen molar-refractivity contribution in [2.45, 2.75) is 89.4 Å². The monoisotopic (exact) mass is 759 g/mol. The molecule has 0 spiro atoms. The van der Waals surface area contributed by atoms with E-state index >= 15 is 0 Å². The van der Waals surface area contributed by atoms with Gasteiger partial charge in [-0.05, 0) is 86.9 Å². The maximum Gasteiger partial charge on any atom is 0.341 e. The summed E-state index contributed by atoms with van der Waals surface area (Å²) in [6.07, 6.45) is 2.07. The van der Waals surface area contributed by atoms with Gasteiger partial charge in [-0.15, -0.1) is 0 Å². The number of aliphatic carboxylic acids is 1. The van der Waals surface area contributed by atoms with Crippen LogP contribution in [0.1, 0.15) is 62.6 Å². The lowest BCUT2D eigenvalue weighted by Gasteiger charge is -2.27. The van der Waals surface area contributed by atoms with Gasteiger partial charge < -0.3 is 36.4 Å². The van der Waals surface area contributed by atoms with Gasteiger partial charge in [-0.1, -0.05) is 66.2 Å². The molecule has 0 saturated heterocycles. The van der Waals surface area contributed by atoms with Crippen LogP contribution in [0.25, 0.3) is 0 Å². The molecular weight excluding hydrogens is 704 g/mol. The second-order valence-electron chi connectivity index (χ2n) is 13.7. The molecule has 0 heterocycles. The number of aliphatic hydroxyl groups excluding tert-OH is 1. The number of allylic oxidation sites excluding steroid dienone is 1. The summed E-state index contributed by atoms with van der Waals surface area (Å²) in [5, 5.41) is 51.5. The summed E-state index contributed by atoms with van der Waals surface area (Å²) < 4.78 is 0. The van der Waals surface area contributed by atoms with E-state index in [1.807, 2.05) is 38.1 Å². The fourth-order valence-electron chi connectivity index (χ4n) is 5.70. The average molecular weight is 760 g/mol. The van der Waals surface area contributed by atoms with Gasteiger partial charge in [-0.25, -0.2) is 4.79 Å². The molecule has 3 aromatic rings. The molecule has 0 fully saturated rings. The van der Waals surface area contributed by atoms with E-state index < -0.39 is 48.4 Å². The van der Waals surface area contributed by atoms with Gasteiger partial charge in [-0.3, -0.25) is 30.4 Å². The Labute approximate surface area is 322 Å². The summed E-state index contributed by atoms with van der Waals surface area (Å²) in [7, 11) is 0. The maximum absolute atomic E-state index is 13.9. The molecule has 0 aliphatic rings. The van der Waals surface area contributed by atoms with Gasteiger partial charge in [-0.2, -0.15) is 0 Å². The van der Waals surface area contributed by atoms with Crippen LogP contribution in [0.2, 0.25) is 0 Å². The number of hydrogen-bond acceptors (Lipinski definition) is 7. The molecule has 55 heavy (non-hydrogen) atoms. The first-order chi connectivity index (χ1) is 26.3. The van der Waals surface area contributed by atoms with Crippen molar-refractivity contribution < 1.29 is 44.6 Å². The van der Waals surface area contributed by atoms with Crippen LogP contribution in [-0.4, -0.2) is 87.4 Å². The number of rotatable bonds is 22. The molecule has 0 unspecified atom stereocenters. The van der Waals surface area contributed by atoms with Crippen molar-refractivity contribution in [1.29, 1.82) is 0 Å². The molecule has 14 heteroatoms. The predicted octanol–water partition coefficient (Wildman–Crippen LogP) is 0.927. The minimum absolute atomic E-state index is 0.0181. The number of aryl methyl sites for hydroxylation is 1. The first-order valence-corrected chi connectivity index (χ1v) is 18.4. The fourth-order valence-corrected chi connectivity index (χ4v) is 5.70. The number of aromatic hydroxyl groups is 2. The Hall–Kier alpha value is -5.89. The Morgan fingerprint density at radius 2 is 1.36 bits per heavy atom. The highest BCUT2D eigenvalue weighted by Gasteiger charge is 2.30. The van der Waals surface area contributed by atoms with Gasteiger partial charge >= 0.3 is 11.9 Å². The van der Waals surface area contributed by atoms with E-state index in [1.54, 1.807) is 48.5 Å². The van der Waals surface area contributed by atoms with Gasteiger partial charge in [0.1, 0.15) is 23.6 Å². The van der Waals surface area contributed by atoms with E-state index in [0.717, 1.165) is 16.7 Å². The SMILES string of the molecule is CC(C)=CC[NH+]=C(N)NCCC[C@@H](NC(=O)CCCc1ccc(O)cc1)C(=O)N[C@@H](Cc1ccccc1)[C@@H](O)CC(=O)N[C@@H](Cc1ccc(O)cc1)C(=O)O. The number of carbonyl (C=O) groups excluding carboxylic acids is 3. The minimum Gasteiger partial charge on any atom is -0.508 e. The Bertz CT molecular complexity index is 1730. The number of hydrogen-bond donors (Lipinski definition) is 10. The number of carboxylic acids is 1. The van der Waals surface area contributed by atoms with E-state index in [-0.39, 0.29) is 43.1 Å². The number of nitrogens with one attached hydrogen (secondary N) is 5. The second kappa shape index (κ2) is 23.0. The molecule has 0 saturated carbocycles. The van der Waals surface area contributed by atoms with Crippen LogP contribution in [0, 0.1) is 0 Å². The van der Waals surface area contributed by atoms with E-state index in [9.17, 15) is 39.6 Å². The Kier molecular flexibility index (Phi) is 18.2. The van der Waals surface area contributed by atoms with E-state index in [0.29, 0.717) is 43.9 Å². The number of carbonyl (C=O) groups is 4. The van der Waals surface area contributed by atoms with Crippen molar-refractivity contribution in [2.75, 3.05) is 13.1 Å². The van der Waals surface area contributed by atoms with E-state index in [1.165, 1.54) is 12.1 Å². The van der Waals surface area contributed by atoms with Crippen LogP contribution in [0.5, 0.6) is 11.5 Å². The van der Waals surface area contributed by atoms with Crippen LogP contribution in [-0.2, 0) is 38.4 Å². The highest BCUT2D eigenvalue weighted by molar-refractivity contribution is 5.88. The zero-order valence-electron chi connectivity index (χ0n) is 31.5. The summed E-state index contributed by atoms with van der Waals surface area (Å²) in [5.41, 5.74) is 9.47. The highest BCUT2D eigenvalue weighted by Crippen LogP contribution is 2.15. The van der Waals surface area contributed by atoms with Gasteiger partial charge in [0.2, 0.25) is 17.7 Å². The number of phenols is 2. The summed E-state index contributed by atoms with van der Waals surface area (Å²) in [6, 6.07) is 18.5. The van der Waals surface area contributed by atoms with Gasteiger partial charge in [0.05, 0.1) is 31.7 Å². The smallest absolute Gasteiger partial charge is 0.341 e. The van der Waals surface area contributed by atoms with Gasteiger partial charge in [0.25, 0.3) is 0 Å². The number of aliphatic hydroxyl groups is 1. The number of benzene rings is 3. The number of nitrogens with two attached hydrogens (primary N) is 1. The summed E-state index contributed by atoms with van der Waals surface area (Å²) in [5.74, 6) is -2.36. The molecule has 3 rings (SSSR count). The zero-order valence-corrected chi connectivity index (χ0v) is 31.5. The van der Waals surface area contributed by atoms with Gasteiger partial charge in [0, 0.05) is 12.8 Å². The van der Waals surface area contributed by atoms with Crippen molar-refractivity contribution in [3.63, 3.8) is 0 Å². The molecular formula is C41H55N6O8+. The van der Waals surface area contributed by atoms with Crippen molar-refractivity contribution in [1.82, 2.24) is 21.3 Å². The van der Waals surface area contributed by atoms with E-state index in [2.05, 4.69) is 26.3 Å². The molecule has 0 aromatic heterocycles. The third-order valence-corrected chi connectivity index (χ3v) is 8.74. The van der Waals surface area contributed by atoms with Crippen LogP contribution < -0.4 is 32.0 Å². The van der Waals surface area contributed by atoms with Crippen molar-refractivity contribution in [3.05, 3.63) is 107 Å². The molecule has 14 nitrogen and oxygen atoms in total. The van der Waals surface area contributed by atoms with Crippen molar-refractivity contribution in [3.8, 4) is 11.5 Å². The lowest BCUT2D eigenvalue weighted by molar-refractivity contribution is -0.448. The maximum atomic E-state index is 13.9. The molecule has 0 aliphatic carbocycles. The first kappa shape index (κ1) is 43.5. The number of amides is 3. The van der Waals surface area contributed by atoms with Gasteiger partial charge in [0.15, 0.2) is 0 Å². The Morgan fingerprint density at radius 3 is 1.98 bits per heavy atom. The third kappa shape index (κ3) is 17.2. The summed E-state index contributed by atoms with van der Waals surface area (Å²) >= 11 is 0. The zero-order chi connectivity index (χ0) is 40.2. The lowest BCUT2D eigenvalue weighted by atomic mass is 9.97. The highest BCUT2D eigenvalue weighted by atomic mass is 16.4. The summed E-state index contributed by atoms with van der Waals surface area (Å²) in [4.78, 5) is 55.2.